The Bertz CT molecular complexity index is 1300. The van der Waals surface area contributed by atoms with Gasteiger partial charge in [-0.05, 0) is 83.5 Å². The first-order valence-corrected chi connectivity index (χ1v) is 23.1. The number of hydrogen-bond donors (Lipinski definition) is 3. The van der Waals surface area contributed by atoms with Crippen LogP contribution in [-0.2, 0) is 37.5 Å². The Balaban J connectivity index is 4.49. The normalized spacial score (nSPS) is 14.6. The van der Waals surface area contributed by atoms with E-state index in [-0.39, 0.29) is 19.4 Å². The summed E-state index contributed by atoms with van der Waals surface area (Å²) < 4.78 is 32.6. The first kappa shape index (κ1) is 54.7. The van der Waals surface area contributed by atoms with Crippen LogP contribution in [0, 0.1) is 0 Å². The van der Waals surface area contributed by atoms with Gasteiger partial charge in [0.25, 0.3) is 0 Å². The van der Waals surface area contributed by atoms with Crippen molar-refractivity contribution in [3.63, 3.8) is 0 Å². The molecule has 0 aliphatic rings. The van der Waals surface area contributed by atoms with E-state index < -0.39 is 51.1 Å². The fourth-order valence-electron chi connectivity index (χ4n) is 5.25. The van der Waals surface area contributed by atoms with Crippen LogP contribution in [0.3, 0.4) is 0 Å². The molecule has 0 aromatic rings. The number of unbranched alkanes of at least 4 members (excludes halogenated alkanes) is 11. The molecule has 0 heterocycles. The minimum atomic E-state index is -4.74. The smallest absolute Gasteiger partial charge is 0.472 e. The van der Waals surface area contributed by atoms with E-state index in [1.54, 1.807) is 0 Å². The van der Waals surface area contributed by atoms with Crippen LogP contribution >= 0.6 is 7.82 Å². The van der Waals surface area contributed by atoms with E-state index in [1.807, 2.05) is 12.2 Å². The van der Waals surface area contributed by atoms with Crippen molar-refractivity contribution in [1.82, 2.24) is 0 Å². The third-order valence-corrected chi connectivity index (χ3v) is 9.58. The number of hydrogen-bond acceptors (Lipinski definition) is 9. The highest BCUT2D eigenvalue weighted by Crippen LogP contribution is 2.43. The lowest BCUT2D eigenvalue weighted by atomic mass is 10.1. The maximum Gasteiger partial charge on any atom is 0.472 e. The van der Waals surface area contributed by atoms with Gasteiger partial charge in [0.05, 0.1) is 13.2 Å². The minimum Gasteiger partial charge on any atom is -0.480 e. The number of carboxylic acids is 1. The van der Waals surface area contributed by atoms with E-state index in [9.17, 15) is 23.8 Å². The van der Waals surface area contributed by atoms with Crippen LogP contribution in [0.15, 0.2) is 85.1 Å². The number of carbonyl (C=O) groups excluding carboxylic acids is 2. The zero-order valence-electron chi connectivity index (χ0n) is 35.6. The maximum absolute atomic E-state index is 12.6. The molecule has 3 atom stereocenters. The molecule has 0 aliphatic heterocycles. The monoisotopic (exact) mass is 834 g/mol. The van der Waals surface area contributed by atoms with Crippen molar-refractivity contribution in [3.05, 3.63) is 85.1 Å². The van der Waals surface area contributed by atoms with Crippen LogP contribution in [0.1, 0.15) is 155 Å². The van der Waals surface area contributed by atoms with Crippen LogP contribution in [0.4, 0.5) is 0 Å². The molecule has 0 saturated carbocycles. The summed E-state index contributed by atoms with van der Waals surface area (Å²) in [5, 5.41) is 8.89. The molecule has 0 fully saturated rings. The van der Waals surface area contributed by atoms with Crippen molar-refractivity contribution >= 4 is 25.7 Å². The summed E-state index contributed by atoms with van der Waals surface area (Å²) in [5.74, 6) is -2.47. The van der Waals surface area contributed by atoms with Gasteiger partial charge in [-0.15, -0.1) is 0 Å². The summed E-state index contributed by atoms with van der Waals surface area (Å²) in [6.45, 7) is 2.58. The molecule has 0 rings (SSSR count). The summed E-state index contributed by atoms with van der Waals surface area (Å²) in [4.78, 5) is 45.9. The average Bonchev–Trinajstić information content (AvgIpc) is 3.20. The summed E-state index contributed by atoms with van der Waals surface area (Å²) in [7, 11) is -4.74. The fourth-order valence-corrected chi connectivity index (χ4v) is 6.02. The maximum atomic E-state index is 12.6. The molecule has 0 spiro atoms. The first-order valence-electron chi connectivity index (χ1n) is 21.6. The Morgan fingerprint density at radius 2 is 0.983 bits per heavy atom. The molecule has 4 N–H and O–H groups in total. The van der Waals surface area contributed by atoms with Gasteiger partial charge < -0.3 is 25.2 Å². The second-order valence-electron chi connectivity index (χ2n) is 14.1. The number of carboxylic acid groups (broad SMARTS) is 1. The number of allylic oxidation sites excluding steroid dienone is 14. The molecule has 330 valence electrons. The van der Waals surface area contributed by atoms with E-state index >= 15 is 0 Å². The zero-order chi connectivity index (χ0) is 42.8. The van der Waals surface area contributed by atoms with Gasteiger partial charge in [0.1, 0.15) is 12.6 Å². The second kappa shape index (κ2) is 40.4. The number of phosphoric ester groups is 1. The lowest BCUT2D eigenvalue weighted by molar-refractivity contribution is -0.161. The van der Waals surface area contributed by atoms with Gasteiger partial charge in [-0.1, -0.05) is 144 Å². The molecule has 0 aromatic carbocycles. The van der Waals surface area contributed by atoms with Crippen molar-refractivity contribution in [2.24, 2.45) is 5.73 Å². The molecule has 0 aliphatic carbocycles. The highest BCUT2D eigenvalue weighted by atomic mass is 31.2. The molecule has 0 amide bonds. The van der Waals surface area contributed by atoms with Crippen LogP contribution in [-0.4, -0.2) is 59.9 Å². The third kappa shape index (κ3) is 39.5. The lowest BCUT2D eigenvalue weighted by Gasteiger charge is -2.20. The summed E-state index contributed by atoms with van der Waals surface area (Å²) in [5.41, 5.74) is 5.33. The summed E-state index contributed by atoms with van der Waals surface area (Å²) in [6, 6.07) is -1.53. The van der Waals surface area contributed by atoms with Gasteiger partial charge in [-0.3, -0.25) is 23.4 Å². The third-order valence-electron chi connectivity index (χ3n) is 8.63. The number of carbonyl (C=O) groups is 3. The standard InChI is InChI=1S/C46H76NO10P/c1-3-5-7-9-11-13-15-17-19-21-23-25-27-29-31-33-35-37-44(48)54-39-42(40-55-58(52,53)56-41-43(47)46(50)51)57-45(49)38-36-34-32-30-28-26-24-22-20-18-16-14-12-10-8-6-4-2/h5,7,11-14,17-20,23,25,29,31,42-43H,3-4,6,8-10,15-16,21-22,24,26-28,30,32-41,47H2,1-2H3,(H,50,51)(H,52,53)/b7-5+,13-11+,14-12+,19-17+,20-18+,25-23+,31-29+/t42-,43+/m1/s1. The van der Waals surface area contributed by atoms with E-state index in [0.29, 0.717) is 19.3 Å². The van der Waals surface area contributed by atoms with Gasteiger partial charge in [0, 0.05) is 12.8 Å². The molecule has 0 bridgehead atoms. The van der Waals surface area contributed by atoms with Gasteiger partial charge in [-0.25, -0.2) is 4.57 Å². The van der Waals surface area contributed by atoms with Crippen molar-refractivity contribution in [1.29, 1.82) is 0 Å². The van der Waals surface area contributed by atoms with Crippen LogP contribution in [0.2, 0.25) is 0 Å². The Morgan fingerprint density at radius 1 is 0.552 bits per heavy atom. The Kier molecular flexibility index (Phi) is 38.1. The number of aliphatic carboxylic acids is 1. The molecule has 11 nitrogen and oxygen atoms in total. The van der Waals surface area contributed by atoms with Gasteiger partial charge >= 0.3 is 25.7 Å². The van der Waals surface area contributed by atoms with Gasteiger partial charge in [-0.2, -0.15) is 0 Å². The van der Waals surface area contributed by atoms with Gasteiger partial charge in [0.2, 0.25) is 0 Å². The summed E-state index contributed by atoms with van der Waals surface area (Å²) >= 11 is 0. The van der Waals surface area contributed by atoms with Gasteiger partial charge in [0.15, 0.2) is 6.10 Å². The highest BCUT2D eigenvalue weighted by molar-refractivity contribution is 7.47. The Labute approximate surface area is 350 Å². The van der Waals surface area contributed by atoms with Crippen molar-refractivity contribution < 1.29 is 47.5 Å². The number of rotatable bonds is 39. The quantitative estimate of drug-likeness (QED) is 0.0233. The highest BCUT2D eigenvalue weighted by Gasteiger charge is 2.28. The fraction of sp³-hybridized carbons (Fsp3) is 0.630. The van der Waals surface area contributed by atoms with E-state index in [4.69, 9.17) is 24.8 Å². The molecular formula is C46H76NO10P. The van der Waals surface area contributed by atoms with E-state index in [2.05, 4.69) is 91.3 Å². The molecule has 1 unspecified atom stereocenters. The Morgan fingerprint density at radius 3 is 1.50 bits per heavy atom. The second-order valence-corrected chi connectivity index (χ2v) is 15.5. The zero-order valence-corrected chi connectivity index (χ0v) is 36.5. The summed E-state index contributed by atoms with van der Waals surface area (Å²) in [6.07, 6.45) is 49.4. The van der Waals surface area contributed by atoms with E-state index in [1.165, 1.54) is 38.5 Å². The Hall–Kier alpha value is -3.34. The number of phosphoric acid groups is 1. The van der Waals surface area contributed by atoms with Crippen LogP contribution in [0.5, 0.6) is 0 Å². The molecule has 12 heteroatoms. The van der Waals surface area contributed by atoms with Crippen molar-refractivity contribution in [2.45, 2.75) is 167 Å². The van der Waals surface area contributed by atoms with Crippen molar-refractivity contribution in [2.75, 3.05) is 19.8 Å². The molecular weight excluding hydrogens is 757 g/mol. The topological polar surface area (TPSA) is 172 Å². The lowest BCUT2D eigenvalue weighted by Crippen LogP contribution is -2.34. The molecule has 0 aromatic heterocycles. The van der Waals surface area contributed by atoms with Crippen LogP contribution in [0.25, 0.3) is 0 Å². The average molecular weight is 834 g/mol. The predicted octanol–water partition coefficient (Wildman–Crippen LogP) is 11.5. The van der Waals surface area contributed by atoms with Crippen molar-refractivity contribution in [3.8, 4) is 0 Å². The molecule has 58 heavy (non-hydrogen) atoms. The number of esters is 2. The van der Waals surface area contributed by atoms with Crippen LogP contribution < -0.4 is 5.73 Å². The predicted molar refractivity (Wildman–Crippen MR) is 235 cm³/mol. The SMILES string of the molecule is CC/C=C/C/C=C/C/C=C/C/C=C/C/C=C/CCCC(=O)OC[C@H](COP(=O)(O)OC[C@H](N)C(=O)O)OC(=O)CCCCCCCCC/C=C/C/C=C/CCCCC. The van der Waals surface area contributed by atoms with E-state index in [0.717, 1.165) is 70.6 Å². The minimum absolute atomic E-state index is 0.135. The number of nitrogens with two attached hydrogens (primary N) is 1. The number of ether oxygens (including phenoxy) is 2. The largest absolute Gasteiger partial charge is 0.480 e. The molecule has 0 saturated heterocycles. The molecule has 0 radical (unpaired) electrons. The first-order chi connectivity index (χ1) is 28.1.